The lowest BCUT2D eigenvalue weighted by atomic mass is 10.1. The van der Waals surface area contributed by atoms with E-state index < -0.39 is 0 Å². The van der Waals surface area contributed by atoms with Crippen LogP contribution in [0.15, 0.2) is 24.3 Å². The molecule has 1 N–H and O–H groups in total. The molecule has 2 aliphatic rings. The smallest absolute Gasteiger partial charge is 0.251 e. The Kier molecular flexibility index (Phi) is 6.72. The number of rotatable bonds is 5. The molecule has 1 aromatic rings. The zero-order valence-electron chi connectivity index (χ0n) is 15.2. The number of benzene rings is 1. The van der Waals surface area contributed by atoms with E-state index in [1.807, 2.05) is 12.3 Å². The Morgan fingerprint density at radius 2 is 2.00 bits per heavy atom. The summed E-state index contributed by atoms with van der Waals surface area (Å²) in [5, 5.41) is 11.8. The molecule has 0 spiro atoms. The Labute approximate surface area is 163 Å². The molecule has 27 heavy (non-hydrogen) atoms. The lowest BCUT2D eigenvalue weighted by Crippen LogP contribution is -2.41. The van der Waals surface area contributed by atoms with Crippen molar-refractivity contribution in [1.82, 2.24) is 10.2 Å². The molecular weight excluding hydrogens is 366 g/mol. The molecular formula is C19H23N3O4S. The number of nitrogens with one attached hydrogen (secondary N) is 1. The molecule has 0 saturated carbocycles. The van der Waals surface area contributed by atoms with Crippen molar-refractivity contribution in [2.24, 2.45) is 0 Å². The number of likely N-dealkylation sites (tertiary alicyclic amines) is 1. The van der Waals surface area contributed by atoms with Crippen molar-refractivity contribution in [1.29, 1.82) is 5.26 Å². The van der Waals surface area contributed by atoms with Crippen LogP contribution < -0.4 is 5.32 Å². The van der Waals surface area contributed by atoms with Gasteiger partial charge in [-0.2, -0.15) is 17.0 Å². The molecule has 8 heteroatoms. The van der Waals surface area contributed by atoms with Gasteiger partial charge in [-0.1, -0.05) is 6.07 Å². The molecule has 0 unspecified atom stereocenters. The molecule has 2 amide bonds. The van der Waals surface area contributed by atoms with Gasteiger partial charge in [0.05, 0.1) is 30.9 Å². The molecule has 0 radical (unpaired) electrons. The number of thioether (sulfide) groups is 1. The van der Waals surface area contributed by atoms with E-state index in [0.717, 1.165) is 5.75 Å². The number of nitrogens with zero attached hydrogens (tertiary/aromatic N) is 2. The van der Waals surface area contributed by atoms with Crippen molar-refractivity contribution in [2.45, 2.75) is 24.7 Å². The largest absolute Gasteiger partial charge is 0.371 e. The number of carbonyl (C=O) groups is 2. The van der Waals surface area contributed by atoms with Crippen LogP contribution in [0.1, 0.15) is 22.3 Å². The summed E-state index contributed by atoms with van der Waals surface area (Å²) >= 11 is 1.66. The van der Waals surface area contributed by atoms with Gasteiger partial charge in [-0.15, -0.1) is 0 Å². The fraction of sp³-hybridized carbons (Fsp3) is 0.526. The van der Waals surface area contributed by atoms with Crippen LogP contribution >= 0.6 is 11.8 Å². The van der Waals surface area contributed by atoms with Crippen LogP contribution in [0, 0.1) is 11.3 Å². The quantitative estimate of drug-likeness (QED) is 0.809. The third kappa shape index (κ3) is 5.01. The van der Waals surface area contributed by atoms with E-state index in [2.05, 4.69) is 5.32 Å². The zero-order valence-corrected chi connectivity index (χ0v) is 16.0. The summed E-state index contributed by atoms with van der Waals surface area (Å²) < 4.78 is 11.8. The lowest BCUT2D eigenvalue weighted by Gasteiger charge is -2.19. The fourth-order valence-electron chi connectivity index (χ4n) is 3.22. The van der Waals surface area contributed by atoms with E-state index in [1.165, 1.54) is 0 Å². The zero-order chi connectivity index (χ0) is 19.2. The Bertz CT molecular complexity index is 720. The van der Waals surface area contributed by atoms with Gasteiger partial charge in [0.2, 0.25) is 5.91 Å². The summed E-state index contributed by atoms with van der Waals surface area (Å²) in [6.07, 6.45) is 2.19. The van der Waals surface area contributed by atoms with Gasteiger partial charge in [0, 0.05) is 30.8 Å². The molecule has 2 aliphatic heterocycles. The normalized spacial score (nSPS) is 22.6. The summed E-state index contributed by atoms with van der Waals surface area (Å²) in [4.78, 5) is 26.4. The average Bonchev–Trinajstić information content (AvgIpc) is 3.02. The van der Waals surface area contributed by atoms with Crippen LogP contribution in [0.4, 0.5) is 0 Å². The monoisotopic (exact) mass is 389 g/mol. The minimum absolute atomic E-state index is 0.131. The second kappa shape index (κ2) is 9.22. The Morgan fingerprint density at radius 1 is 1.30 bits per heavy atom. The van der Waals surface area contributed by atoms with Gasteiger partial charge >= 0.3 is 0 Å². The van der Waals surface area contributed by atoms with Crippen molar-refractivity contribution in [3.05, 3.63) is 35.4 Å². The van der Waals surface area contributed by atoms with Crippen molar-refractivity contribution in [3.63, 3.8) is 0 Å². The second-order valence-electron chi connectivity index (χ2n) is 6.65. The molecule has 7 nitrogen and oxygen atoms in total. The minimum Gasteiger partial charge on any atom is -0.371 e. The van der Waals surface area contributed by atoms with E-state index in [9.17, 15) is 9.59 Å². The number of hydrogen-bond donors (Lipinski definition) is 1. The van der Waals surface area contributed by atoms with Crippen molar-refractivity contribution in [3.8, 4) is 6.07 Å². The summed E-state index contributed by atoms with van der Waals surface area (Å²) in [6, 6.07) is 8.32. The number of carbonyl (C=O) groups excluding carboxylic acids is 2. The first-order chi connectivity index (χ1) is 13.1. The molecule has 0 aromatic heterocycles. The van der Waals surface area contributed by atoms with E-state index in [1.54, 1.807) is 40.9 Å². The highest BCUT2D eigenvalue weighted by molar-refractivity contribution is 7.98. The maximum Gasteiger partial charge on any atom is 0.251 e. The van der Waals surface area contributed by atoms with Crippen molar-refractivity contribution >= 4 is 23.6 Å². The van der Waals surface area contributed by atoms with Crippen molar-refractivity contribution in [2.75, 3.05) is 38.3 Å². The molecule has 2 heterocycles. The van der Waals surface area contributed by atoms with Crippen LogP contribution in [0.5, 0.6) is 0 Å². The van der Waals surface area contributed by atoms with Crippen LogP contribution in [0.25, 0.3) is 0 Å². The Balaban J connectivity index is 1.51. The van der Waals surface area contributed by atoms with E-state index in [0.29, 0.717) is 43.9 Å². The molecule has 2 fully saturated rings. The standard InChI is InChI=1S/C19H23N3O4S/c1-27-6-5-18(23)22-9-16-17(10-22)26-12-15(11-25-16)21-19(24)14-4-2-3-13(7-14)8-20/h2-4,7,15-17H,5-6,9-12H2,1H3,(H,21,24)/t16-,17-/m0/s1. The number of nitriles is 1. The highest BCUT2D eigenvalue weighted by Crippen LogP contribution is 2.21. The van der Waals surface area contributed by atoms with E-state index in [4.69, 9.17) is 14.7 Å². The summed E-state index contributed by atoms with van der Waals surface area (Å²) in [6.45, 7) is 1.72. The van der Waals surface area contributed by atoms with Crippen LogP contribution in [0.2, 0.25) is 0 Å². The molecule has 3 rings (SSSR count). The number of ether oxygens (including phenoxy) is 2. The van der Waals surface area contributed by atoms with Gasteiger partial charge in [0.15, 0.2) is 0 Å². The van der Waals surface area contributed by atoms with Gasteiger partial charge in [0.25, 0.3) is 5.91 Å². The Hall–Kier alpha value is -2.08. The highest BCUT2D eigenvalue weighted by Gasteiger charge is 2.39. The molecule has 144 valence electrons. The number of amides is 2. The summed E-state index contributed by atoms with van der Waals surface area (Å²) in [7, 11) is 0. The predicted molar refractivity (Wildman–Crippen MR) is 101 cm³/mol. The molecule has 0 bridgehead atoms. The Morgan fingerprint density at radius 3 is 2.63 bits per heavy atom. The topological polar surface area (TPSA) is 91.7 Å². The number of fused-ring (bicyclic) bond motifs is 1. The van der Waals surface area contributed by atoms with Crippen LogP contribution in [-0.4, -0.2) is 73.3 Å². The highest BCUT2D eigenvalue weighted by atomic mass is 32.2. The van der Waals surface area contributed by atoms with Gasteiger partial charge < -0.3 is 19.7 Å². The van der Waals surface area contributed by atoms with E-state index in [-0.39, 0.29) is 30.1 Å². The van der Waals surface area contributed by atoms with Crippen LogP contribution in [0.3, 0.4) is 0 Å². The molecule has 0 aliphatic carbocycles. The summed E-state index contributed by atoms with van der Waals surface area (Å²) in [5.74, 6) is 0.685. The van der Waals surface area contributed by atoms with Crippen LogP contribution in [-0.2, 0) is 14.3 Å². The average molecular weight is 389 g/mol. The second-order valence-corrected chi connectivity index (χ2v) is 7.63. The maximum atomic E-state index is 12.4. The summed E-state index contributed by atoms with van der Waals surface area (Å²) in [5.41, 5.74) is 0.876. The van der Waals surface area contributed by atoms with Gasteiger partial charge in [-0.25, -0.2) is 0 Å². The first kappa shape index (κ1) is 19.7. The third-order valence-electron chi connectivity index (χ3n) is 4.70. The predicted octanol–water partition coefficient (Wildman–Crippen LogP) is 1.04. The molecule has 1 aromatic carbocycles. The third-order valence-corrected chi connectivity index (χ3v) is 5.31. The number of hydrogen-bond acceptors (Lipinski definition) is 6. The fourth-order valence-corrected chi connectivity index (χ4v) is 3.60. The minimum atomic E-state index is -0.269. The van der Waals surface area contributed by atoms with Gasteiger partial charge in [-0.3, -0.25) is 9.59 Å². The lowest BCUT2D eigenvalue weighted by molar-refractivity contribution is -0.130. The van der Waals surface area contributed by atoms with Gasteiger partial charge in [0.1, 0.15) is 12.2 Å². The van der Waals surface area contributed by atoms with E-state index >= 15 is 0 Å². The first-order valence-corrected chi connectivity index (χ1v) is 10.3. The molecule has 2 atom stereocenters. The maximum absolute atomic E-state index is 12.4. The SMILES string of the molecule is CSCCC(=O)N1C[C@@H]2OCC(NC(=O)c3cccc(C#N)c3)CO[C@H]2C1. The molecule has 2 saturated heterocycles. The first-order valence-electron chi connectivity index (χ1n) is 8.91. The van der Waals surface area contributed by atoms with Gasteiger partial charge in [-0.05, 0) is 24.5 Å². The van der Waals surface area contributed by atoms with Crippen molar-refractivity contribution < 1.29 is 19.1 Å².